The molecule has 0 radical (unpaired) electrons. The Hall–Kier alpha value is -1.77. The summed E-state index contributed by atoms with van der Waals surface area (Å²) in [5, 5.41) is 8.93. The molecule has 26 heavy (non-hydrogen) atoms. The van der Waals surface area contributed by atoms with E-state index < -0.39 is 66.0 Å². The number of rotatable bonds is 5. The Morgan fingerprint density at radius 1 is 1.19 bits per heavy atom. The number of hydrogen-bond acceptors (Lipinski definition) is 6. The van der Waals surface area contributed by atoms with Crippen molar-refractivity contribution >= 4 is 17.9 Å². The molecule has 4 rings (SSSR count). The van der Waals surface area contributed by atoms with E-state index in [0.29, 0.717) is 32.1 Å². The molecule has 9 heteroatoms. The van der Waals surface area contributed by atoms with E-state index in [1.54, 1.807) is 0 Å². The van der Waals surface area contributed by atoms with Crippen LogP contribution in [0.5, 0.6) is 0 Å². The van der Waals surface area contributed by atoms with E-state index in [9.17, 15) is 23.2 Å². The van der Waals surface area contributed by atoms with Gasteiger partial charge >= 0.3 is 23.8 Å². The Balaban J connectivity index is 1.54. The monoisotopic (exact) mass is 374 g/mol. The fourth-order valence-electron chi connectivity index (χ4n) is 4.84. The molecule has 0 spiro atoms. The predicted octanol–water partition coefficient (Wildman–Crippen LogP) is 1.53. The Bertz CT molecular complexity index is 629. The second-order valence-electron chi connectivity index (χ2n) is 7.59. The van der Waals surface area contributed by atoms with Gasteiger partial charge in [0.2, 0.25) is 0 Å². The number of carboxylic acid groups (broad SMARTS) is 1. The molecule has 3 saturated heterocycles. The average Bonchev–Trinajstić information content (AvgIpc) is 3.22. The van der Waals surface area contributed by atoms with Crippen LogP contribution in [0.2, 0.25) is 0 Å². The molecule has 3 aliphatic heterocycles. The van der Waals surface area contributed by atoms with Crippen LogP contribution in [0.25, 0.3) is 0 Å². The third-order valence-corrected chi connectivity index (χ3v) is 6.08. The van der Waals surface area contributed by atoms with Crippen molar-refractivity contribution in [2.45, 2.75) is 68.9 Å². The maximum Gasteiger partial charge on any atom is 0.378 e. The van der Waals surface area contributed by atoms with Crippen LogP contribution in [0.15, 0.2) is 0 Å². The first kappa shape index (κ1) is 17.6. The topological polar surface area (TPSA) is 99.1 Å². The fraction of sp³-hybridized carbons (Fsp3) is 0.824. The fourth-order valence-corrected chi connectivity index (χ4v) is 4.84. The quantitative estimate of drug-likeness (QED) is 0.729. The van der Waals surface area contributed by atoms with Gasteiger partial charge in [-0.1, -0.05) is 19.3 Å². The van der Waals surface area contributed by atoms with E-state index in [0.717, 1.165) is 6.42 Å². The molecular formula is C17H20F2O7. The van der Waals surface area contributed by atoms with Gasteiger partial charge in [-0.2, -0.15) is 8.78 Å². The number of carbonyl (C=O) groups excluding carboxylic acids is 2. The van der Waals surface area contributed by atoms with E-state index in [4.69, 9.17) is 19.3 Å². The first-order valence-electron chi connectivity index (χ1n) is 8.98. The van der Waals surface area contributed by atoms with E-state index >= 15 is 0 Å². The van der Waals surface area contributed by atoms with Crippen molar-refractivity contribution in [1.82, 2.24) is 0 Å². The van der Waals surface area contributed by atoms with Gasteiger partial charge in [-0.05, 0) is 12.8 Å². The summed E-state index contributed by atoms with van der Waals surface area (Å²) in [6.07, 6.45) is -0.260. The molecule has 4 aliphatic rings. The Labute approximate surface area is 148 Å². The van der Waals surface area contributed by atoms with E-state index in [1.165, 1.54) is 0 Å². The SMILES string of the molecule is O=C(OC(C1CCCCC1)C(F)(F)C(=O)O)C1C2CC3OC(=O)C1C3O2. The number of esters is 2. The molecular weight excluding hydrogens is 354 g/mol. The van der Waals surface area contributed by atoms with Gasteiger partial charge in [-0.3, -0.25) is 9.59 Å². The lowest BCUT2D eigenvalue weighted by Gasteiger charge is -2.34. The maximum absolute atomic E-state index is 14.3. The van der Waals surface area contributed by atoms with E-state index in [2.05, 4.69) is 0 Å². The lowest BCUT2D eigenvalue weighted by atomic mass is 9.79. The highest BCUT2D eigenvalue weighted by Gasteiger charge is 2.67. The molecule has 1 N–H and O–H groups in total. The average molecular weight is 374 g/mol. The van der Waals surface area contributed by atoms with Crippen LogP contribution < -0.4 is 0 Å². The van der Waals surface area contributed by atoms with Gasteiger partial charge < -0.3 is 19.3 Å². The van der Waals surface area contributed by atoms with Gasteiger partial charge in [0, 0.05) is 12.3 Å². The second kappa shape index (κ2) is 6.14. The van der Waals surface area contributed by atoms with Gasteiger partial charge in [0.05, 0.1) is 12.0 Å². The third kappa shape index (κ3) is 2.59. The van der Waals surface area contributed by atoms with Crippen LogP contribution in [-0.4, -0.2) is 53.4 Å². The highest BCUT2D eigenvalue weighted by Crippen LogP contribution is 2.50. The zero-order valence-electron chi connectivity index (χ0n) is 13.9. The first-order chi connectivity index (χ1) is 12.3. The molecule has 1 aliphatic carbocycles. The smallest absolute Gasteiger partial charge is 0.378 e. The largest absolute Gasteiger partial charge is 0.477 e. The lowest BCUT2D eigenvalue weighted by Crippen LogP contribution is -2.50. The van der Waals surface area contributed by atoms with Gasteiger partial charge in [0.1, 0.15) is 18.1 Å². The van der Waals surface area contributed by atoms with Crippen LogP contribution in [0, 0.1) is 17.8 Å². The van der Waals surface area contributed by atoms with Crippen molar-refractivity contribution in [2.75, 3.05) is 0 Å². The molecule has 144 valence electrons. The number of ether oxygens (including phenoxy) is 3. The molecule has 3 heterocycles. The summed E-state index contributed by atoms with van der Waals surface area (Å²) in [5.41, 5.74) is 0. The Morgan fingerprint density at radius 3 is 2.54 bits per heavy atom. The molecule has 7 nitrogen and oxygen atoms in total. The van der Waals surface area contributed by atoms with Crippen LogP contribution in [0.3, 0.4) is 0 Å². The standard InChI is InChI=1S/C17H20F2O7/c18-17(19,16(22)23)13(7-4-2-1-3-5-7)26-14(20)10-8-6-9-12(24-8)11(10)15(21)25-9/h7-13H,1-6H2,(H,22,23). The zero-order valence-corrected chi connectivity index (χ0v) is 13.9. The molecule has 0 aromatic heterocycles. The molecule has 0 aromatic carbocycles. The van der Waals surface area contributed by atoms with Crippen molar-refractivity contribution in [2.24, 2.45) is 17.8 Å². The van der Waals surface area contributed by atoms with E-state index in [-0.39, 0.29) is 0 Å². The van der Waals surface area contributed by atoms with Crippen molar-refractivity contribution < 1.29 is 42.5 Å². The normalized spacial score (nSPS) is 37.5. The molecule has 1 saturated carbocycles. The van der Waals surface area contributed by atoms with Crippen molar-refractivity contribution in [3.05, 3.63) is 0 Å². The summed E-state index contributed by atoms with van der Waals surface area (Å²) < 4.78 is 44.4. The molecule has 4 fully saturated rings. The summed E-state index contributed by atoms with van der Waals surface area (Å²) in [7, 11) is 0. The summed E-state index contributed by atoms with van der Waals surface area (Å²) in [4.78, 5) is 35.7. The predicted molar refractivity (Wildman–Crippen MR) is 79.2 cm³/mol. The van der Waals surface area contributed by atoms with Crippen molar-refractivity contribution in [1.29, 1.82) is 0 Å². The molecule has 6 unspecified atom stereocenters. The third-order valence-electron chi connectivity index (χ3n) is 6.08. The van der Waals surface area contributed by atoms with Crippen LogP contribution in [-0.2, 0) is 28.6 Å². The maximum atomic E-state index is 14.3. The minimum absolute atomic E-state index is 0.329. The van der Waals surface area contributed by atoms with Crippen molar-refractivity contribution in [3.63, 3.8) is 0 Å². The van der Waals surface area contributed by atoms with E-state index in [1.807, 2.05) is 0 Å². The van der Waals surface area contributed by atoms with Crippen LogP contribution in [0.1, 0.15) is 38.5 Å². The zero-order chi connectivity index (χ0) is 18.6. The Kier molecular flexibility index (Phi) is 4.17. The number of aliphatic carboxylic acids is 1. The highest BCUT2D eigenvalue weighted by atomic mass is 19.3. The molecule has 0 amide bonds. The minimum atomic E-state index is -4.19. The van der Waals surface area contributed by atoms with Crippen LogP contribution >= 0.6 is 0 Å². The summed E-state index contributed by atoms with van der Waals surface area (Å²) >= 11 is 0. The minimum Gasteiger partial charge on any atom is -0.477 e. The highest BCUT2D eigenvalue weighted by molar-refractivity contribution is 5.86. The number of fused-ring (bicyclic) bond motifs is 1. The number of carboxylic acids is 1. The lowest BCUT2D eigenvalue weighted by molar-refractivity contribution is -0.205. The first-order valence-corrected chi connectivity index (χ1v) is 8.98. The van der Waals surface area contributed by atoms with Gasteiger partial charge in [-0.15, -0.1) is 0 Å². The van der Waals surface area contributed by atoms with Gasteiger partial charge in [0.25, 0.3) is 0 Å². The summed E-state index contributed by atoms with van der Waals surface area (Å²) in [6.45, 7) is 0. The van der Waals surface area contributed by atoms with Gasteiger partial charge in [-0.25, -0.2) is 4.79 Å². The molecule has 2 bridgehead atoms. The van der Waals surface area contributed by atoms with Gasteiger partial charge in [0.15, 0.2) is 6.10 Å². The number of carbonyl (C=O) groups is 3. The number of alkyl halides is 2. The summed E-state index contributed by atoms with van der Waals surface area (Å²) in [5.74, 6) is -10.7. The van der Waals surface area contributed by atoms with Crippen LogP contribution in [0.4, 0.5) is 8.78 Å². The Morgan fingerprint density at radius 2 is 1.88 bits per heavy atom. The molecule has 0 aromatic rings. The van der Waals surface area contributed by atoms with Crippen molar-refractivity contribution in [3.8, 4) is 0 Å². The number of halogens is 2. The summed E-state index contributed by atoms with van der Waals surface area (Å²) in [6, 6.07) is 0. The molecule has 6 atom stereocenters. The second-order valence-corrected chi connectivity index (χ2v) is 7.59. The number of hydrogen-bond donors (Lipinski definition) is 1.